The molecule has 0 saturated carbocycles. The predicted molar refractivity (Wildman–Crippen MR) is 74.1 cm³/mol. The van der Waals surface area contributed by atoms with Crippen LogP contribution in [-0.4, -0.2) is 12.1 Å². The zero-order chi connectivity index (χ0) is 13.8. The number of hydrogen-bond acceptors (Lipinski definition) is 4. The van der Waals surface area contributed by atoms with E-state index >= 15 is 0 Å². The number of hydrazine groups is 1. The van der Waals surface area contributed by atoms with E-state index in [2.05, 4.69) is 26.3 Å². The van der Waals surface area contributed by atoms with Crippen LogP contribution in [0.4, 0.5) is 4.39 Å². The average Bonchev–Trinajstić information content (AvgIpc) is 2.39. The maximum Gasteiger partial charge on any atom is 0.137 e. The molecule has 2 aromatic rings. The molecule has 1 aromatic heterocycles. The lowest BCUT2D eigenvalue weighted by atomic mass is 10.0. The van der Waals surface area contributed by atoms with E-state index in [1.54, 1.807) is 31.6 Å². The SMILES string of the molecule is COc1cncc(C(NN)c2cc(F)cc(Br)c2)c1. The Labute approximate surface area is 118 Å². The summed E-state index contributed by atoms with van der Waals surface area (Å²) in [5.41, 5.74) is 4.15. The van der Waals surface area contributed by atoms with E-state index in [0.29, 0.717) is 15.8 Å². The summed E-state index contributed by atoms with van der Waals surface area (Å²) in [7, 11) is 1.56. The smallest absolute Gasteiger partial charge is 0.137 e. The van der Waals surface area contributed by atoms with Gasteiger partial charge in [-0.15, -0.1) is 0 Å². The molecule has 19 heavy (non-hydrogen) atoms. The highest BCUT2D eigenvalue weighted by atomic mass is 79.9. The van der Waals surface area contributed by atoms with Crippen molar-refractivity contribution in [3.05, 3.63) is 58.1 Å². The fourth-order valence-electron chi connectivity index (χ4n) is 1.83. The Kier molecular flexibility index (Phi) is 4.47. The molecule has 0 amide bonds. The first kappa shape index (κ1) is 13.9. The number of nitrogens with zero attached hydrogens (tertiary/aromatic N) is 1. The molecule has 6 heteroatoms. The predicted octanol–water partition coefficient (Wildman–Crippen LogP) is 2.54. The van der Waals surface area contributed by atoms with Crippen molar-refractivity contribution in [1.29, 1.82) is 0 Å². The zero-order valence-electron chi connectivity index (χ0n) is 10.2. The molecule has 1 aromatic carbocycles. The van der Waals surface area contributed by atoms with Gasteiger partial charge in [0.2, 0.25) is 0 Å². The quantitative estimate of drug-likeness (QED) is 0.670. The summed E-state index contributed by atoms with van der Waals surface area (Å²) in [6.45, 7) is 0. The fourth-order valence-corrected chi connectivity index (χ4v) is 2.31. The molecule has 1 atom stereocenters. The first-order valence-corrected chi connectivity index (χ1v) is 6.34. The minimum absolute atomic E-state index is 0.333. The van der Waals surface area contributed by atoms with Gasteiger partial charge in [0.05, 0.1) is 19.3 Å². The van der Waals surface area contributed by atoms with Gasteiger partial charge in [0.15, 0.2) is 0 Å². The second kappa shape index (κ2) is 6.10. The Morgan fingerprint density at radius 3 is 2.68 bits per heavy atom. The third-order valence-corrected chi connectivity index (χ3v) is 3.15. The van der Waals surface area contributed by atoms with Crippen molar-refractivity contribution < 1.29 is 9.13 Å². The van der Waals surface area contributed by atoms with Gasteiger partial charge in [-0.1, -0.05) is 15.9 Å². The molecule has 1 heterocycles. The second-order valence-corrected chi connectivity index (χ2v) is 4.88. The number of nitrogens with two attached hydrogens (primary N) is 1. The summed E-state index contributed by atoms with van der Waals surface area (Å²) in [6.07, 6.45) is 3.25. The van der Waals surface area contributed by atoms with Gasteiger partial charge < -0.3 is 4.74 Å². The maximum absolute atomic E-state index is 13.4. The van der Waals surface area contributed by atoms with Crippen LogP contribution >= 0.6 is 15.9 Å². The van der Waals surface area contributed by atoms with Crippen molar-refractivity contribution in [1.82, 2.24) is 10.4 Å². The number of aromatic nitrogens is 1. The molecule has 0 spiro atoms. The minimum atomic E-state index is -0.366. The molecule has 3 N–H and O–H groups in total. The molecule has 0 radical (unpaired) electrons. The van der Waals surface area contributed by atoms with E-state index in [9.17, 15) is 4.39 Å². The average molecular weight is 326 g/mol. The Bertz CT molecular complexity index is 559. The lowest BCUT2D eigenvalue weighted by molar-refractivity contribution is 0.411. The number of halogens is 2. The molecule has 2 rings (SSSR count). The van der Waals surface area contributed by atoms with Crippen LogP contribution in [0.1, 0.15) is 17.2 Å². The topological polar surface area (TPSA) is 60.2 Å². The van der Waals surface area contributed by atoms with Gasteiger partial charge in [-0.3, -0.25) is 10.8 Å². The first-order valence-electron chi connectivity index (χ1n) is 5.55. The summed E-state index contributed by atoms with van der Waals surface area (Å²) in [6, 6.07) is 6.05. The Morgan fingerprint density at radius 1 is 1.26 bits per heavy atom. The number of nitrogens with one attached hydrogen (secondary N) is 1. The Morgan fingerprint density at radius 2 is 2.05 bits per heavy atom. The van der Waals surface area contributed by atoms with Crippen molar-refractivity contribution in [2.75, 3.05) is 7.11 Å². The normalized spacial score (nSPS) is 12.2. The number of pyridine rings is 1. The van der Waals surface area contributed by atoms with Crippen molar-refractivity contribution >= 4 is 15.9 Å². The summed E-state index contributed by atoms with van der Waals surface area (Å²) >= 11 is 3.26. The molecule has 0 saturated heterocycles. The number of hydrogen-bond donors (Lipinski definition) is 2. The molecular formula is C13H13BrFN3O. The summed E-state index contributed by atoms with van der Waals surface area (Å²) in [5.74, 6) is 5.86. The van der Waals surface area contributed by atoms with Crippen molar-refractivity contribution in [2.24, 2.45) is 5.84 Å². The van der Waals surface area contributed by atoms with Gasteiger partial charge in [-0.25, -0.2) is 9.82 Å². The second-order valence-electron chi connectivity index (χ2n) is 3.96. The fraction of sp³-hybridized carbons (Fsp3) is 0.154. The van der Waals surface area contributed by atoms with Crippen molar-refractivity contribution in [2.45, 2.75) is 6.04 Å². The van der Waals surface area contributed by atoms with Gasteiger partial charge in [0.1, 0.15) is 11.6 Å². The van der Waals surface area contributed by atoms with Gasteiger partial charge >= 0.3 is 0 Å². The largest absolute Gasteiger partial charge is 0.495 e. The summed E-state index contributed by atoms with van der Waals surface area (Å²) < 4.78 is 19.2. The van der Waals surface area contributed by atoms with Crippen LogP contribution in [0.25, 0.3) is 0 Å². The van der Waals surface area contributed by atoms with E-state index < -0.39 is 0 Å². The molecule has 1 unspecified atom stereocenters. The molecule has 0 fully saturated rings. The van der Waals surface area contributed by atoms with Crippen LogP contribution in [-0.2, 0) is 0 Å². The first-order chi connectivity index (χ1) is 9.13. The van der Waals surface area contributed by atoms with Crippen LogP contribution in [0, 0.1) is 5.82 Å². The number of methoxy groups -OCH3 is 1. The third kappa shape index (κ3) is 3.28. The monoisotopic (exact) mass is 325 g/mol. The number of benzene rings is 1. The van der Waals surface area contributed by atoms with Crippen LogP contribution in [0.15, 0.2) is 41.1 Å². The van der Waals surface area contributed by atoms with E-state index in [4.69, 9.17) is 10.6 Å². The standard InChI is InChI=1S/C13H13BrFN3O/c1-19-12-4-9(6-17-7-12)13(18-16)8-2-10(14)5-11(15)3-8/h2-7,13,18H,16H2,1H3. The summed E-state index contributed by atoms with van der Waals surface area (Å²) in [4.78, 5) is 4.07. The zero-order valence-corrected chi connectivity index (χ0v) is 11.8. The Hall–Kier alpha value is -1.50. The number of rotatable bonds is 4. The lowest BCUT2D eigenvalue weighted by Gasteiger charge is -2.17. The van der Waals surface area contributed by atoms with E-state index in [1.165, 1.54) is 12.1 Å². The van der Waals surface area contributed by atoms with E-state index in [-0.39, 0.29) is 11.9 Å². The third-order valence-electron chi connectivity index (χ3n) is 2.69. The molecular weight excluding hydrogens is 313 g/mol. The van der Waals surface area contributed by atoms with E-state index in [0.717, 1.165) is 5.56 Å². The Balaban J connectivity index is 2.43. The highest BCUT2D eigenvalue weighted by Gasteiger charge is 2.15. The highest BCUT2D eigenvalue weighted by Crippen LogP contribution is 2.26. The van der Waals surface area contributed by atoms with E-state index in [1.807, 2.05) is 0 Å². The van der Waals surface area contributed by atoms with Gasteiger partial charge in [0, 0.05) is 10.7 Å². The van der Waals surface area contributed by atoms with Crippen LogP contribution < -0.4 is 16.0 Å². The van der Waals surface area contributed by atoms with Crippen LogP contribution in [0.3, 0.4) is 0 Å². The number of ether oxygens (including phenoxy) is 1. The highest BCUT2D eigenvalue weighted by molar-refractivity contribution is 9.10. The van der Waals surface area contributed by atoms with Gasteiger partial charge in [-0.2, -0.15) is 0 Å². The van der Waals surface area contributed by atoms with Gasteiger partial charge in [-0.05, 0) is 35.4 Å². The maximum atomic E-state index is 13.4. The van der Waals surface area contributed by atoms with Crippen molar-refractivity contribution in [3.63, 3.8) is 0 Å². The lowest BCUT2D eigenvalue weighted by Crippen LogP contribution is -2.29. The molecule has 0 aliphatic rings. The van der Waals surface area contributed by atoms with Crippen LogP contribution in [0.5, 0.6) is 5.75 Å². The van der Waals surface area contributed by atoms with Crippen molar-refractivity contribution in [3.8, 4) is 5.75 Å². The molecule has 100 valence electrons. The molecule has 0 bridgehead atoms. The summed E-state index contributed by atoms with van der Waals surface area (Å²) in [5, 5.41) is 0. The minimum Gasteiger partial charge on any atom is -0.495 e. The molecule has 4 nitrogen and oxygen atoms in total. The molecule has 0 aliphatic carbocycles. The molecule has 0 aliphatic heterocycles. The van der Waals surface area contributed by atoms with Gasteiger partial charge in [0.25, 0.3) is 0 Å². The van der Waals surface area contributed by atoms with Crippen LogP contribution in [0.2, 0.25) is 0 Å².